The lowest BCUT2D eigenvalue weighted by atomic mass is 10.2. The van der Waals surface area contributed by atoms with Crippen LogP contribution in [0.5, 0.6) is 0 Å². The third-order valence-corrected chi connectivity index (χ3v) is 4.37. The van der Waals surface area contributed by atoms with Crippen LogP contribution in [0, 0.1) is 17.3 Å². The van der Waals surface area contributed by atoms with E-state index < -0.39 is 0 Å². The van der Waals surface area contributed by atoms with Crippen molar-refractivity contribution >= 4 is 16.7 Å². The Labute approximate surface area is 139 Å². The molecule has 0 radical (unpaired) electrons. The van der Waals surface area contributed by atoms with E-state index in [-0.39, 0.29) is 5.82 Å². The van der Waals surface area contributed by atoms with Crippen LogP contribution in [0.25, 0.3) is 16.6 Å². The Hall–Kier alpha value is -3.07. The number of benzene rings is 2. The van der Waals surface area contributed by atoms with Crippen LogP contribution in [-0.2, 0) is 0 Å². The largest absolute Gasteiger partial charge is 0.351 e. The number of hydrogen-bond donors (Lipinski definition) is 0. The summed E-state index contributed by atoms with van der Waals surface area (Å²) >= 11 is 0. The molecule has 1 aliphatic rings. The van der Waals surface area contributed by atoms with E-state index in [4.69, 9.17) is 10.4 Å². The molecule has 0 spiro atoms. The minimum Gasteiger partial charge on any atom is -0.351 e. The van der Waals surface area contributed by atoms with Gasteiger partial charge in [0, 0.05) is 31.6 Å². The molecule has 120 valence electrons. The summed E-state index contributed by atoms with van der Waals surface area (Å²) < 4.78 is 15.9. The lowest BCUT2D eigenvalue weighted by Crippen LogP contribution is -2.44. The number of nitrogens with zero attached hydrogens (tertiary/aromatic N) is 5. The monoisotopic (exact) mass is 321 g/mol. The van der Waals surface area contributed by atoms with Crippen LogP contribution < -0.4 is 4.90 Å². The third kappa shape index (κ3) is 2.35. The van der Waals surface area contributed by atoms with Gasteiger partial charge in [-0.25, -0.2) is 9.07 Å². The van der Waals surface area contributed by atoms with Gasteiger partial charge in [0.2, 0.25) is 0 Å². The normalized spacial score (nSPS) is 14.8. The number of fused-ring (bicyclic) bond motifs is 1. The molecule has 1 aliphatic heterocycles. The smallest absolute Gasteiger partial charge is 0.179 e. The van der Waals surface area contributed by atoms with E-state index in [1.165, 1.54) is 6.07 Å². The minimum atomic E-state index is -0.299. The number of aromatic nitrogens is 2. The molecule has 0 aliphatic carbocycles. The van der Waals surface area contributed by atoms with Crippen molar-refractivity contribution in [3.8, 4) is 11.9 Å². The van der Waals surface area contributed by atoms with E-state index in [2.05, 4.69) is 11.1 Å². The van der Waals surface area contributed by atoms with Crippen molar-refractivity contribution in [1.82, 2.24) is 14.7 Å². The standard InChI is InChI=1S/C18H16FN5/c19-15-6-2-4-8-17(15)24-16-7-3-1-5-14(16)18(21-24)23-11-9-22(13-20)10-12-23/h1-8H,9-12H2. The van der Waals surface area contributed by atoms with E-state index in [1.807, 2.05) is 24.3 Å². The molecule has 4 rings (SSSR count). The van der Waals surface area contributed by atoms with Gasteiger partial charge >= 0.3 is 0 Å². The maximum atomic E-state index is 14.2. The quantitative estimate of drug-likeness (QED) is 0.681. The van der Waals surface area contributed by atoms with E-state index in [9.17, 15) is 4.39 Å². The van der Waals surface area contributed by atoms with Gasteiger partial charge in [-0.2, -0.15) is 5.26 Å². The number of anilines is 1. The fourth-order valence-electron chi connectivity index (χ4n) is 3.11. The summed E-state index contributed by atoms with van der Waals surface area (Å²) in [5.41, 5.74) is 1.32. The zero-order chi connectivity index (χ0) is 16.5. The Morgan fingerprint density at radius 2 is 1.67 bits per heavy atom. The van der Waals surface area contributed by atoms with Crippen LogP contribution in [0.4, 0.5) is 10.2 Å². The van der Waals surface area contributed by atoms with Crippen LogP contribution in [0.1, 0.15) is 0 Å². The number of nitriles is 1. The molecule has 0 amide bonds. The van der Waals surface area contributed by atoms with Gasteiger partial charge in [0.15, 0.2) is 12.0 Å². The molecule has 0 bridgehead atoms. The lowest BCUT2D eigenvalue weighted by molar-refractivity contribution is 0.362. The number of piperazine rings is 1. The zero-order valence-electron chi connectivity index (χ0n) is 13.1. The first kappa shape index (κ1) is 14.5. The molecule has 24 heavy (non-hydrogen) atoms. The highest BCUT2D eigenvalue weighted by Crippen LogP contribution is 2.29. The Bertz CT molecular complexity index is 919. The van der Waals surface area contributed by atoms with Crippen LogP contribution in [-0.4, -0.2) is 40.9 Å². The van der Waals surface area contributed by atoms with Crippen molar-refractivity contribution in [3.05, 3.63) is 54.3 Å². The van der Waals surface area contributed by atoms with Gasteiger partial charge in [0.25, 0.3) is 0 Å². The number of para-hydroxylation sites is 2. The average molecular weight is 321 g/mol. The summed E-state index contributed by atoms with van der Waals surface area (Å²) in [5.74, 6) is 0.540. The van der Waals surface area contributed by atoms with Crippen molar-refractivity contribution in [1.29, 1.82) is 5.26 Å². The molecule has 5 nitrogen and oxygen atoms in total. The highest BCUT2D eigenvalue weighted by Gasteiger charge is 2.22. The van der Waals surface area contributed by atoms with Crippen molar-refractivity contribution in [2.75, 3.05) is 31.1 Å². The molecule has 0 unspecified atom stereocenters. The van der Waals surface area contributed by atoms with Crippen molar-refractivity contribution in [2.24, 2.45) is 0 Å². The van der Waals surface area contributed by atoms with E-state index >= 15 is 0 Å². The molecule has 0 atom stereocenters. The van der Waals surface area contributed by atoms with Crippen LogP contribution in [0.3, 0.4) is 0 Å². The Morgan fingerprint density at radius 3 is 2.42 bits per heavy atom. The predicted octanol–water partition coefficient (Wildman–Crippen LogP) is 2.77. The van der Waals surface area contributed by atoms with Gasteiger partial charge in [-0.15, -0.1) is 5.10 Å². The lowest BCUT2D eigenvalue weighted by Gasteiger charge is -2.31. The summed E-state index contributed by atoms with van der Waals surface area (Å²) in [4.78, 5) is 3.90. The summed E-state index contributed by atoms with van der Waals surface area (Å²) in [7, 11) is 0. The first-order chi connectivity index (χ1) is 11.8. The van der Waals surface area contributed by atoms with Crippen molar-refractivity contribution < 1.29 is 4.39 Å². The highest BCUT2D eigenvalue weighted by atomic mass is 19.1. The Balaban J connectivity index is 1.81. The second-order valence-corrected chi connectivity index (χ2v) is 5.78. The minimum absolute atomic E-state index is 0.299. The van der Waals surface area contributed by atoms with Gasteiger partial charge in [-0.05, 0) is 24.3 Å². The van der Waals surface area contributed by atoms with Gasteiger partial charge in [-0.1, -0.05) is 24.3 Å². The molecule has 2 aromatic carbocycles. The average Bonchev–Trinajstić information content (AvgIpc) is 3.02. The molecule has 0 N–H and O–H groups in total. The first-order valence-electron chi connectivity index (χ1n) is 7.90. The van der Waals surface area contributed by atoms with Crippen LogP contribution in [0.2, 0.25) is 0 Å². The molecular weight excluding hydrogens is 305 g/mol. The van der Waals surface area contributed by atoms with Gasteiger partial charge in [-0.3, -0.25) is 0 Å². The maximum Gasteiger partial charge on any atom is 0.179 e. The fraction of sp³-hybridized carbons (Fsp3) is 0.222. The topological polar surface area (TPSA) is 48.1 Å². The first-order valence-corrected chi connectivity index (χ1v) is 7.90. The molecule has 1 fully saturated rings. The van der Waals surface area contributed by atoms with Gasteiger partial charge < -0.3 is 9.80 Å². The molecule has 6 heteroatoms. The Morgan fingerprint density at radius 1 is 0.958 bits per heavy atom. The molecule has 1 aromatic heterocycles. The maximum absolute atomic E-state index is 14.2. The molecule has 3 aromatic rings. The molecule has 0 saturated carbocycles. The predicted molar refractivity (Wildman–Crippen MR) is 90.4 cm³/mol. The summed E-state index contributed by atoms with van der Waals surface area (Å²) in [6.45, 7) is 2.81. The third-order valence-electron chi connectivity index (χ3n) is 4.37. The fourth-order valence-corrected chi connectivity index (χ4v) is 3.11. The SMILES string of the molecule is N#CN1CCN(c2nn(-c3ccccc3F)c3ccccc23)CC1. The number of rotatable bonds is 2. The highest BCUT2D eigenvalue weighted by molar-refractivity contribution is 5.91. The van der Waals surface area contributed by atoms with E-state index in [0.29, 0.717) is 18.8 Å². The second kappa shape index (κ2) is 5.85. The molecular formula is C18H16FN5. The summed E-state index contributed by atoms with van der Waals surface area (Å²) in [6.07, 6.45) is 2.18. The van der Waals surface area contributed by atoms with E-state index in [0.717, 1.165) is 29.8 Å². The number of hydrogen-bond acceptors (Lipinski definition) is 4. The van der Waals surface area contributed by atoms with Crippen LogP contribution in [0.15, 0.2) is 48.5 Å². The van der Waals surface area contributed by atoms with Crippen molar-refractivity contribution in [3.63, 3.8) is 0 Å². The summed E-state index contributed by atoms with van der Waals surface area (Å²) in [6, 6.07) is 14.5. The second-order valence-electron chi connectivity index (χ2n) is 5.78. The summed E-state index contributed by atoms with van der Waals surface area (Å²) in [5, 5.41) is 14.7. The zero-order valence-corrected chi connectivity index (χ0v) is 13.1. The molecule has 2 heterocycles. The van der Waals surface area contributed by atoms with Crippen molar-refractivity contribution in [2.45, 2.75) is 0 Å². The van der Waals surface area contributed by atoms with E-state index in [1.54, 1.807) is 27.8 Å². The van der Waals surface area contributed by atoms with Gasteiger partial charge in [0.05, 0.1) is 5.52 Å². The Kier molecular flexibility index (Phi) is 3.54. The number of halogens is 1. The van der Waals surface area contributed by atoms with Crippen LogP contribution >= 0.6 is 0 Å². The van der Waals surface area contributed by atoms with Gasteiger partial charge in [0.1, 0.15) is 11.5 Å². The molecule has 1 saturated heterocycles.